The number of rotatable bonds is 6. The highest BCUT2D eigenvalue weighted by atomic mass is 16.3. The van der Waals surface area contributed by atoms with Gasteiger partial charge in [-0.2, -0.15) is 4.80 Å². The summed E-state index contributed by atoms with van der Waals surface area (Å²) in [5.74, 6) is 0.489. The Hall–Kier alpha value is -2.28. The van der Waals surface area contributed by atoms with Crippen molar-refractivity contribution in [2.45, 2.75) is 39.8 Å². The number of carbonyl (C=O) groups is 1. The molecule has 2 N–H and O–H groups in total. The fourth-order valence-corrected chi connectivity index (χ4v) is 2.00. The summed E-state index contributed by atoms with van der Waals surface area (Å²) in [6.07, 6.45) is 0. The van der Waals surface area contributed by atoms with Gasteiger partial charge in [0, 0.05) is 11.1 Å². The Balaban J connectivity index is 2.10. The molecule has 1 atom stereocenters. The minimum Gasteiger partial charge on any atom is -0.394 e. The quantitative estimate of drug-likeness (QED) is 0.845. The molecule has 1 heterocycles. The maximum Gasteiger partial charge on any atom is 0.251 e. The Morgan fingerprint density at radius 2 is 1.87 bits per heavy atom. The number of nitrogens with one attached hydrogen (secondary N) is 1. The molecule has 124 valence electrons. The van der Waals surface area contributed by atoms with Crippen molar-refractivity contribution >= 4 is 5.91 Å². The first-order valence-corrected chi connectivity index (χ1v) is 7.74. The van der Waals surface area contributed by atoms with Crippen molar-refractivity contribution < 1.29 is 9.90 Å². The number of aliphatic hydroxyl groups excluding tert-OH is 1. The van der Waals surface area contributed by atoms with Gasteiger partial charge in [0.25, 0.3) is 5.91 Å². The standard InChI is InChI=1S/C16H23N5O2/c1-10(2)14(9-22)17-16(23)13-7-5-12(6-8-13)15-18-20-21(19-15)11(3)4/h5-8,10-11,14,22H,9H2,1-4H3,(H,17,23)/t14-/m0/s1. The average molecular weight is 317 g/mol. The van der Waals surface area contributed by atoms with Crippen LogP contribution in [0.3, 0.4) is 0 Å². The molecule has 1 aromatic heterocycles. The van der Waals surface area contributed by atoms with Gasteiger partial charge >= 0.3 is 0 Å². The van der Waals surface area contributed by atoms with E-state index in [-0.39, 0.29) is 30.5 Å². The van der Waals surface area contributed by atoms with Gasteiger partial charge < -0.3 is 10.4 Å². The first-order valence-electron chi connectivity index (χ1n) is 7.74. The molecule has 23 heavy (non-hydrogen) atoms. The highest BCUT2D eigenvalue weighted by molar-refractivity contribution is 5.94. The molecule has 0 radical (unpaired) electrons. The average Bonchev–Trinajstić information content (AvgIpc) is 3.02. The molecule has 0 aliphatic rings. The molecule has 0 unspecified atom stereocenters. The Bertz CT molecular complexity index is 649. The van der Waals surface area contributed by atoms with E-state index in [1.165, 1.54) is 0 Å². The first-order chi connectivity index (χ1) is 10.9. The predicted molar refractivity (Wildman–Crippen MR) is 86.8 cm³/mol. The van der Waals surface area contributed by atoms with Gasteiger partial charge in [-0.15, -0.1) is 10.2 Å². The number of hydrogen-bond acceptors (Lipinski definition) is 5. The largest absolute Gasteiger partial charge is 0.394 e. The van der Waals surface area contributed by atoms with Gasteiger partial charge in [-0.25, -0.2) is 0 Å². The van der Waals surface area contributed by atoms with Crippen molar-refractivity contribution in [3.63, 3.8) is 0 Å². The minimum absolute atomic E-state index is 0.0796. The van der Waals surface area contributed by atoms with Crippen molar-refractivity contribution in [1.82, 2.24) is 25.5 Å². The summed E-state index contributed by atoms with van der Waals surface area (Å²) in [7, 11) is 0. The molecular formula is C16H23N5O2. The number of carbonyl (C=O) groups excluding carboxylic acids is 1. The zero-order chi connectivity index (χ0) is 17.0. The summed E-state index contributed by atoms with van der Waals surface area (Å²) in [5.41, 5.74) is 1.33. The normalized spacial score (nSPS) is 12.7. The van der Waals surface area contributed by atoms with Crippen molar-refractivity contribution in [2.75, 3.05) is 6.61 Å². The summed E-state index contributed by atoms with van der Waals surface area (Å²) in [6.45, 7) is 7.78. The van der Waals surface area contributed by atoms with E-state index in [4.69, 9.17) is 0 Å². The van der Waals surface area contributed by atoms with Crippen LogP contribution in [0.4, 0.5) is 0 Å². The van der Waals surface area contributed by atoms with E-state index in [1.54, 1.807) is 29.1 Å². The van der Waals surface area contributed by atoms with Gasteiger partial charge in [0.05, 0.1) is 18.7 Å². The summed E-state index contributed by atoms with van der Waals surface area (Å²) < 4.78 is 0. The lowest BCUT2D eigenvalue weighted by Crippen LogP contribution is -2.41. The van der Waals surface area contributed by atoms with Gasteiger partial charge in [0.15, 0.2) is 0 Å². The summed E-state index contributed by atoms with van der Waals surface area (Å²) >= 11 is 0. The molecule has 0 saturated heterocycles. The third-order valence-electron chi connectivity index (χ3n) is 3.61. The molecule has 7 heteroatoms. The third kappa shape index (κ3) is 4.13. The van der Waals surface area contributed by atoms with E-state index in [0.717, 1.165) is 5.56 Å². The molecule has 0 fully saturated rings. The van der Waals surface area contributed by atoms with Gasteiger partial charge in [-0.05, 0) is 37.1 Å². The molecule has 0 saturated carbocycles. The second kappa shape index (κ2) is 7.32. The highest BCUT2D eigenvalue weighted by Gasteiger charge is 2.16. The molecular weight excluding hydrogens is 294 g/mol. The zero-order valence-electron chi connectivity index (χ0n) is 13.9. The number of nitrogens with zero attached hydrogens (tertiary/aromatic N) is 4. The van der Waals surface area contributed by atoms with Crippen LogP contribution in [0.25, 0.3) is 11.4 Å². The number of amides is 1. The summed E-state index contributed by atoms with van der Waals surface area (Å²) in [5, 5.41) is 24.4. The van der Waals surface area contributed by atoms with Gasteiger partial charge in [-0.1, -0.05) is 26.0 Å². The third-order valence-corrected chi connectivity index (χ3v) is 3.61. The first kappa shape index (κ1) is 17.1. The van der Waals surface area contributed by atoms with Crippen LogP contribution in [0.2, 0.25) is 0 Å². The summed E-state index contributed by atoms with van der Waals surface area (Å²) in [4.78, 5) is 13.7. The molecule has 2 rings (SSSR count). The Labute approximate surface area is 135 Å². The molecule has 2 aromatic rings. The Morgan fingerprint density at radius 3 is 2.35 bits per heavy atom. The van der Waals surface area contributed by atoms with Crippen LogP contribution >= 0.6 is 0 Å². The SMILES string of the molecule is CC(C)[C@H](CO)NC(=O)c1ccc(-c2nnn(C(C)C)n2)cc1. The molecule has 1 aromatic carbocycles. The Kier molecular flexibility index (Phi) is 5.44. The van der Waals surface area contributed by atoms with Crippen LogP contribution in [0.5, 0.6) is 0 Å². The predicted octanol–water partition coefficient (Wildman–Crippen LogP) is 1.67. The van der Waals surface area contributed by atoms with Crippen molar-refractivity contribution in [3.05, 3.63) is 29.8 Å². The maximum atomic E-state index is 12.2. The fourth-order valence-electron chi connectivity index (χ4n) is 2.00. The Morgan fingerprint density at radius 1 is 1.22 bits per heavy atom. The molecule has 7 nitrogen and oxygen atoms in total. The lowest BCUT2D eigenvalue weighted by molar-refractivity contribution is 0.0897. The van der Waals surface area contributed by atoms with E-state index < -0.39 is 0 Å². The van der Waals surface area contributed by atoms with E-state index >= 15 is 0 Å². The zero-order valence-corrected chi connectivity index (χ0v) is 13.9. The van der Waals surface area contributed by atoms with Crippen molar-refractivity contribution in [2.24, 2.45) is 5.92 Å². The van der Waals surface area contributed by atoms with Gasteiger partial charge in [0.2, 0.25) is 5.82 Å². The smallest absolute Gasteiger partial charge is 0.251 e. The lowest BCUT2D eigenvalue weighted by Gasteiger charge is -2.19. The van der Waals surface area contributed by atoms with Crippen LogP contribution < -0.4 is 5.32 Å². The topological polar surface area (TPSA) is 92.9 Å². The van der Waals surface area contributed by atoms with E-state index in [1.807, 2.05) is 27.7 Å². The number of aromatic nitrogens is 4. The van der Waals surface area contributed by atoms with E-state index in [0.29, 0.717) is 11.4 Å². The van der Waals surface area contributed by atoms with Gasteiger partial charge in [-0.3, -0.25) is 4.79 Å². The molecule has 1 amide bonds. The van der Waals surface area contributed by atoms with Crippen LogP contribution in [-0.2, 0) is 0 Å². The molecule has 0 aliphatic heterocycles. The second-order valence-corrected chi connectivity index (χ2v) is 6.11. The number of aliphatic hydroxyl groups is 1. The fraction of sp³-hybridized carbons (Fsp3) is 0.500. The lowest BCUT2D eigenvalue weighted by atomic mass is 10.0. The maximum absolute atomic E-state index is 12.2. The minimum atomic E-state index is -0.255. The van der Waals surface area contributed by atoms with Crippen molar-refractivity contribution in [3.8, 4) is 11.4 Å². The van der Waals surface area contributed by atoms with E-state index in [9.17, 15) is 9.90 Å². The van der Waals surface area contributed by atoms with Crippen LogP contribution in [0.1, 0.15) is 44.1 Å². The van der Waals surface area contributed by atoms with E-state index in [2.05, 4.69) is 20.7 Å². The monoisotopic (exact) mass is 317 g/mol. The molecule has 0 bridgehead atoms. The van der Waals surface area contributed by atoms with Crippen LogP contribution in [0.15, 0.2) is 24.3 Å². The number of tetrazole rings is 1. The van der Waals surface area contributed by atoms with Crippen LogP contribution in [-0.4, -0.2) is 43.9 Å². The number of benzene rings is 1. The van der Waals surface area contributed by atoms with Crippen LogP contribution in [0, 0.1) is 5.92 Å². The molecule has 0 spiro atoms. The van der Waals surface area contributed by atoms with Gasteiger partial charge in [0.1, 0.15) is 0 Å². The molecule has 0 aliphatic carbocycles. The second-order valence-electron chi connectivity index (χ2n) is 6.11. The highest BCUT2D eigenvalue weighted by Crippen LogP contribution is 2.16. The summed E-state index contributed by atoms with van der Waals surface area (Å²) in [6, 6.07) is 6.91. The number of hydrogen-bond donors (Lipinski definition) is 2. The van der Waals surface area contributed by atoms with Crippen molar-refractivity contribution in [1.29, 1.82) is 0 Å².